The van der Waals surface area contributed by atoms with Crippen LogP contribution in [0.25, 0.3) is 5.78 Å². The molecule has 142 valence electrons. The lowest BCUT2D eigenvalue weighted by molar-refractivity contribution is 0.857. The Balaban J connectivity index is 1.63. The molecule has 0 unspecified atom stereocenters. The minimum atomic E-state index is -0.160. The average molecular weight is 414 g/mol. The van der Waals surface area contributed by atoms with Crippen molar-refractivity contribution in [3.8, 4) is 0 Å². The van der Waals surface area contributed by atoms with Gasteiger partial charge in [0.25, 0.3) is 11.3 Å². The second-order valence-electron chi connectivity index (χ2n) is 6.42. The van der Waals surface area contributed by atoms with Crippen molar-refractivity contribution in [3.05, 3.63) is 91.3 Å². The van der Waals surface area contributed by atoms with Crippen LogP contribution in [-0.2, 0) is 13.0 Å². The van der Waals surface area contributed by atoms with Crippen molar-refractivity contribution in [3.63, 3.8) is 0 Å². The van der Waals surface area contributed by atoms with Crippen LogP contribution in [0, 0.1) is 6.92 Å². The number of fused-ring (bicyclic) bond motifs is 1. The summed E-state index contributed by atoms with van der Waals surface area (Å²) < 4.78 is 1.35. The smallest absolute Gasteiger partial charge is 0.277 e. The molecule has 0 radical (unpaired) electrons. The molecule has 0 amide bonds. The Bertz CT molecular complexity index is 1200. The first-order valence-electron chi connectivity index (χ1n) is 8.72. The summed E-state index contributed by atoms with van der Waals surface area (Å²) in [5, 5.41) is 7.07. The second-order valence-corrected chi connectivity index (χ2v) is 7.20. The van der Waals surface area contributed by atoms with E-state index in [2.05, 4.69) is 20.4 Å². The van der Waals surface area contributed by atoms with Gasteiger partial charge in [-0.15, -0.1) is 0 Å². The number of nitrogens with zero attached hydrogens (tertiary/aromatic N) is 3. The van der Waals surface area contributed by atoms with Crippen LogP contribution < -0.4 is 10.9 Å². The van der Waals surface area contributed by atoms with Gasteiger partial charge in [0.15, 0.2) is 0 Å². The van der Waals surface area contributed by atoms with Crippen molar-refractivity contribution in [1.29, 1.82) is 0 Å². The van der Waals surface area contributed by atoms with Gasteiger partial charge in [0.1, 0.15) is 0 Å². The molecule has 2 aromatic carbocycles. The number of halogens is 2. The monoisotopic (exact) mass is 413 g/mol. The van der Waals surface area contributed by atoms with Crippen molar-refractivity contribution in [2.45, 2.75) is 19.9 Å². The molecule has 0 saturated carbocycles. The van der Waals surface area contributed by atoms with Gasteiger partial charge in [-0.05, 0) is 24.1 Å². The Morgan fingerprint density at radius 3 is 2.64 bits per heavy atom. The number of hydrogen-bond donors (Lipinski definition) is 2. The van der Waals surface area contributed by atoms with Gasteiger partial charge in [-0.25, -0.2) is 4.98 Å². The Morgan fingerprint density at radius 1 is 1.07 bits per heavy atom. The number of aryl methyl sites for hydroxylation is 1. The van der Waals surface area contributed by atoms with E-state index in [4.69, 9.17) is 23.2 Å². The van der Waals surface area contributed by atoms with Gasteiger partial charge in [-0.1, -0.05) is 65.7 Å². The maximum Gasteiger partial charge on any atom is 0.277 e. The van der Waals surface area contributed by atoms with Crippen LogP contribution >= 0.6 is 23.2 Å². The van der Waals surface area contributed by atoms with Crippen LogP contribution in [-0.4, -0.2) is 19.6 Å². The van der Waals surface area contributed by atoms with E-state index in [9.17, 15) is 4.79 Å². The molecule has 4 aromatic rings. The van der Waals surface area contributed by atoms with E-state index < -0.39 is 0 Å². The maximum atomic E-state index is 12.9. The number of rotatable bonds is 5. The van der Waals surface area contributed by atoms with Gasteiger partial charge in [0.05, 0.1) is 15.7 Å². The number of anilines is 1. The summed E-state index contributed by atoms with van der Waals surface area (Å²) in [6, 6.07) is 15.3. The van der Waals surface area contributed by atoms with E-state index in [1.807, 2.05) is 49.4 Å². The summed E-state index contributed by atoms with van der Waals surface area (Å²) in [6.07, 6.45) is 0.515. The van der Waals surface area contributed by atoms with Crippen LogP contribution in [0.5, 0.6) is 0 Å². The van der Waals surface area contributed by atoms with Crippen molar-refractivity contribution < 1.29 is 0 Å². The van der Waals surface area contributed by atoms with Crippen molar-refractivity contribution in [1.82, 2.24) is 19.6 Å². The highest BCUT2D eigenvalue weighted by Crippen LogP contribution is 2.25. The molecule has 0 atom stereocenters. The van der Waals surface area contributed by atoms with Crippen LogP contribution in [0.15, 0.2) is 53.3 Å². The lowest BCUT2D eigenvalue weighted by Gasteiger charge is -2.06. The Morgan fingerprint density at radius 2 is 1.86 bits per heavy atom. The van der Waals surface area contributed by atoms with E-state index in [0.717, 1.165) is 11.1 Å². The molecule has 2 heterocycles. The molecule has 0 fully saturated rings. The molecule has 6 nitrogen and oxygen atoms in total. The van der Waals surface area contributed by atoms with E-state index in [0.29, 0.717) is 46.0 Å². The largest absolute Gasteiger partial charge is 0.350 e. The average Bonchev–Trinajstić information content (AvgIpc) is 3.10. The SMILES string of the molecule is Cc1nc2nc(NCc3cccc(Cl)c3Cl)[nH]n2c(=O)c1Cc1ccccc1. The van der Waals surface area contributed by atoms with Gasteiger partial charge in [0, 0.05) is 18.5 Å². The van der Waals surface area contributed by atoms with Gasteiger partial charge in [0.2, 0.25) is 5.95 Å². The standard InChI is InChI=1S/C20H17Cl2N5O/c1-12-15(10-13-6-3-2-4-7-13)18(28)27-20(24-12)25-19(26-27)23-11-14-8-5-9-16(21)17(14)22/h2-9H,10-11H2,1H3,(H2,23,24,25,26). The van der Waals surface area contributed by atoms with Gasteiger partial charge in [-0.2, -0.15) is 9.50 Å². The fraction of sp³-hybridized carbons (Fsp3) is 0.150. The fourth-order valence-electron chi connectivity index (χ4n) is 3.00. The van der Waals surface area contributed by atoms with Crippen molar-refractivity contribution >= 4 is 34.9 Å². The molecule has 0 aliphatic carbocycles. The lowest BCUT2D eigenvalue weighted by atomic mass is 10.1. The number of H-pyrrole nitrogens is 1. The normalized spacial score (nSPS) is 11.1. The number of benzene rings is 2. The van der Waals surface area contributed by atoms with Crippen LogP contribution in [0.2, 0.25) is 10.0 Å². The quantitative estimate of drug-likeness (QED) is 0.513. The molecule has 2 aromatic heterocycles. The molecule has 8 heteroatoms. The van der Waals surface area contributed by atoms with E-state index in [1.165, 1.54) is 4.52 Å². The van der Waals surface area contributed by atoms with Crippen molar-refractivity contribution in [2.75, 3.05) is 5.32 Å². The Labute approximate surface area is 171 Å². The van der Waals surface area contributed by atoms with Crippen LogP contribution in [0.1, 0.15) is 22.4 Å². The number of nitrogens with one attached hydrogen (secondary N) is 2. The molecule has 2 N–H and O–H groups in total. The highest BCUT2D eigenvalue weighted by atomic mass is 35.5. The van der Waals surface area contributed by atoms with Crippen molar-refractivity contribution in [2.24, 2.45) is 0 Å². The maximum absolute atomic E-state index is 12.9. The zero-order valence-electron chi connectivity index (χ0n) is 15.0. The molecule has 28 heavy (non-hydrogen) atoms. The third kappa shape index (κ3) is 3.61. The fourth-order valence-corrected chi connectivity index (χ4v) is 3.39. The minimum Gasteiger partial charge on any atom is -0.350 e. The topological polar surface area (TPSA) is 75.1 Å². The molecule has 0 spiro atoms. The van der Waals surface area contributed by atoms with Gasteiger partial charge < -0.3 is 5.32 Å². The minimum absolute atomic E-state index is 0.160. The summed E-state index contributed by atoms with van der Waals surface area (Å²) in [4.78, 5) is 21.8. The molecule has 0 bridgehead atoms. The summed E-state index contributed by atoms with van der Waals surface area (Å²) >= 11 is 12.3. The predicted octanol–water partition coefficient (Wildman–Crippen LogP) is 4.24. The number of aromatic amines is 1. The number of aromatic nitrogens is 4. The van der Waals surface area contributed by atoms with E-state index in [-0.39, 0.29) is 5.56 Å². The molecule has 0 aliphatic rings. The van der Waals surface area contributed by atoms with Crippen LogP contribution in [0.4, 0.5) is 5.95 Å². The molecule has 0 saturated heterocycles. The first kappa shape index (κ1) is 18.5. The predicted molar refractivity (Wildman–Crippen MR) is 111 cm³/mol. The molecule has 0 aliphatic heterocycles. The summed E-state index contributed by atoms with van der Waals surface area (Å²) in [5.41, 5.74) is 3.03. The zero-order chi connectivity index (χ0) is 19.7. The molecule has 4 rings (SSSR count). The lowest BCUT2D eigenvalue weighted by Crippen LogP contribution is -2.22. The Hall–Kier alpha value is -2.83. The summed E-state index contributed by atoms with van der Waals surface area (Å²) in [7, 11) is 0. The number of hydrogen-bond acceptors (Lipinski definition) is 4. The van der Waals surface area contributed by atoms with E-state index >= 15 is 0 Å². The highest BCUT2D eigenvalue weighted by molar-refractivity contribution is 6.42. The van der Waals surface area contributed by atoms with E-state index in [1.54, 1.807) is 6.07 Å². The zero-order valence-corrected chi connectivity index (χ0v) is 16.6. The molecular weight excluding hydrogens is 397 g/mol. The first-order valence-corrected chi connectivity index (χ1v) is 9.47. The first-order chi connectivity index (χ1) is 13.5. The van der Waals surface area contributed by atoms with Crippen LogP contribution in [0.3, 0.4) is 0 Å². The summed E-state index contributed by atoms with van der Waals surface area (Å²) in [5.74, 6) is 0.746. The van der Waals surface area contributed by atoms with Gasteiger partial charge in [-0.3, -0.25) is 9.89 Å². The second kappa shape index (κ2) is 7.66. The third-order valence-corrected chi connectivity index (χ3v) is 5.35. The Kier molecular flexibility index (Phi) is 5.07. The molecular formula is C20H17Cl2N5O. The summed E-state index contributed by atoms with van der Waals surface area (Å²) in [6.45, 7) is 2.23. The third-order valence-electron chi connectivity index (χ3n) is 4.50. The highest BCUT2D eigenvalue weighted by Gasteiger charge is 2.14. The van der Waals surface area contributed by atoms with Gasteiger partial charge >= 0.3 is 0 Å².